The number of carboxylic acids is 1. The Labute approximate surface area is 225 Å². The maximum absolute atomic E-state index is 10.9. The maximum atomic E-state index is 10.9. The number of piperazine rings is 1. The van der Waals surface area contributed by atoms with E-state index in [4.69, 9.17) is 9.84 Å². The molecule has 6 nitrogen and oxygen atoms in total. The van der Waals surface area contributed by atoms with Gasteiger partial charge in [-0.1, -0.05) is 34.1 Å². The van der Waals surface area contributed by atoms with Crippen LogP contribution in [0.1, 0.15) is 90.5 Å². The molecule has 3 fully saturated rings. The van der Waals surface area contributed by atoms with Crippen molar-refractivity contribution in [2.45, 2.75) is 91.1 Å². The molecule has 6 heteroatoms. The van der Waals surface area contributed by atoms with Crippen LogP contribution in [0, 0.1) is 11.3 Å². The number of ether oxygens (including phenoxy) is 1. The Bertz CT molecular complexity index is 859. The molecule has 3 aliphatic rings. The lowest BCUT2D eigenvalue weighted by Gasteiger charge is -2.41. The fourth-order valence-electron chi connectivity index (χ4n) is 6.69. The summed E-state index contributed by atoms with van der Waals surface area (Å²) in [5.41, 5.74) is 4.76. The highest BCUT2D eigenvalue weighted by molar-refractivity contribution is 5.68. The van der Waals surface area contributed by atoms with Gasteiger partial charge in [0.25, 0.3) is 0 Å². The van der Waals surface area contributed by atoms with E-state index in [0.29, 0.717) is 11.3 Å². The van der Waals surface area contributed by atoms with Crippen molar-refractivity contribution in [1.29, 1.82) is 0 Å². The predicted molar refractivity (Wildman–Crippen MR) is 153 cm³/mol. The zero-order chi connectivity index (χ0) is 26.4. The molecule has 0 spiro atoms. The summed E-state index contributed by atoms with van der Waals surface area (Å²) < 4.78 is 5.58. The first-order valence-electron chi connectivity index (χ1n) is 14.9. The minimum absolute atomic E-state index is 0.0581. The van der Waals surface area contributed by atoms with E-state index in [1.807, 2.05) is 0 Å². The van der Waals surface area contributed by atoms with Gasteiger partial charge in [-0.3, -0.25) is 4.90 Å². The largest absolute Gasteiger partial charge is 0.480 e. The van der Waals surface area contributed by atoms with Crippen molar-refractivity contribution >= 4 is 17.3 Å². The number of carbonyl (C=O) groups is 1. The van der Waals surface area contributed by atoms with E-state index in [2.05, 4.69) is 60.6 Å². The monoisotopic (exact) mass is 513 g/mol. The van der Waals surface area contributed by atoms with Crippen molar-refractivity contribution in [3.8, 4) is 0 Å². The number of carboxylic acid groups (broad SMARTS) is 1. The lowest BCUT2D eigenvalue weighted by Crippen LogP contribution is -2.47. The van der Waals surface area contributed by atoms with Crippen LogP contribution in [0.2, 0.25) is 0 Å². The summed E-state index contributed by atoms with van der Waals surface area (Å²) >= 11 is 0. The first-order chi connectivity index (χ1) is 17.7. The van der Waals surface area contributed by atoms with Crippen LogP contribution >= 0.6 is 0 Å². The highest BCUT2D eigenvalue weighted by Crippen LogP contribution is 2.46. The van der Waals surface area contributed by atoms with Gasteiger partial charge in [0.1, 0.15) is 6.61 Å². The molecule has 37 heavy (non-hydrogen) atoms. The number of piperidine rings is 1. The lowest BCUT2D eigenvalue weighted by atomic mass is 9.68. The summed E-state index contributed by atoms with van der Waals surface area (Å²) in [5, 5.41) is 8.93. The van der Waals surface area contributed by atoms with Crippen LogP contribution in [0.3, 0.4) is 0 Å². The van der Waals surface area contributed by atoms with Crippen LogP contribution in [0.4, 0.5) is 11.4 Å². The van der Waals surface area contributed by atoms with E-state index in [1.165, 1.54) is 69.5 Å². The smallest absolute Gasteiger partial charge is 0.329 e. The topological polar surface area (TPSA) is 56.2 Å². The molecule has 0 radical (unpaired) electrons. The fraction of sp³-hybridized carbons (Fsp3) is 0.774. The number of benzene rings is 1. The van der Waals surface area contributed by atoms with E-state index < -0.39 is 5.97 Å². The van der Waals surface area contributed by atoms with Crippen molar-refractivity contribution in [2.75, 3.05) is 62.2 Å². The molecule has 2 heterocycles. The van der Waals surface area contributed by atoms with Crippen molar-refractivity contribution in [3.63, 3.8) is 0 Å². The number of aliphatic carboxylic acids is 1. The van der Waals surface area contributed by atoms with Gasteiger partial charge in [0.2, 0.25) is 0 Å². The highest BCUT2D eigenvalue weighted by atomic mass is 16.5. The Morgan fingerprint density at radius 3 is 2.22 bits per heavy atom. The van der Waals surface area contributed by atoms with Gasteiger partial charge in [0.05, 0.1) is 6.10 Å². The minimum Gasteiger partial charge on any atom is -0.480 e. The summed E-state index contributed by atoms with van der Waals surface area (Å²) in [6.45, 7) is 17.0. The molecule has 2 aliphatic heterocycles. The zero-order valence-corrected chi connectivity index (χ0v) is 23.9. The number of unbranched alkanes of at least 4 members (excludes halogenated alkanes) is 1. The maximum Gasteiger partial charge on any atom is 0.329 e. The van der Waals surface area contributed by atoms with E-state index >= 15 is 0 Å². The average Bonchev–Trinajstić information content (AvgIpc) is 2.90. The third-order valence-electron chi connectivity index (χ3n) is 9.19. The van der Waals surface area contributed by atoms with Gasteiger partial charge in [-0.05, 0) is 92.5 Å². The van der Waals surface area contributed by atoms with Crippen LogP contribution in [0.25, 0.3) is 0 Å². The Balaban J connectivity index is 1.47. The minimum atomic E-state index is -0.880. The quantitative estimate of drug-likeness (QED) is 0.437. The van der Waals surface area contributed by atoms with Gasteiger partial charge in [0, 0.05) is 50.6 Å². The second kappa shape index (κ2) is 12.8. The highest BCUT2D eigenvalue weighted by Gasteiger charge is 2.32. The standard InChI is InChI=1S/C31H51N3O3/c1-5-6-15-32-18-20-34(21-19-32)29-12-11-26(33-16-13-27(14-17-33)37-23-30(35)36)22-28(29)24-7-9-25(10-8-24)31(2,3)4/h11-12,22,24-25,27H,5-10,13-21,23H2,1-4H3,(H,35,36). The van der Waals surface area contributed by atoms with Crippen LogP contribution in [-0.4, -0.2) is 74.5 Å². The van der Waals surface area contributed by atoms with Gasteiger partial charge >= 0.3 is 5.97 Å². The van der Waals surface area contributed by atoms with E-state index in [0.717, 1.165) is 44.9 Å². The fourth-order valence-corrected chi connectivity index (χ4v) is 6.69. The van der Waals surface area contributed by atoms with Crippen molar-refractivity contribution in [1.82, 2.24) is 4.90 Å². The Morgan fingerprint density at radius 2 is 1.62 bits per heavy atom. The summed E-state index contributed by atoms with van der Waals surface area (Å²) in [4.78, 5) is 18.7. The van der Waals surface area contributed by atoms with Gasteiger partial charge in [-0.2, -0.15) is 0 Å². The van der Waals surface area contributed by atoms with E-state index in [1.54, 1.807) is 5.56 Å². The second-order valence-electron chi connectivity index (χ2n) is 12.7. The second-order valence-corrected chi connectivity index (χ2v) is 12.7. The molecule has 0 bridgehead atoms. The van der Waals surface area contributed by atoms with Crippen molar-refractivity contribution in [3.05, 3.63) is 23.8 Å². The van der Waals surface area contributed by atoms with Gasteiger partial charge in [0.15, 0.2) is 0 Å². The normalized spacial score (nSPS) is 24.4. The third-order valence-corrected chi connectivity index (χ3v) is 9.19. The lowest BCUT2D eigenvalue weighted by molar-refractivity contribution is -0.144. The third kappa shape index (κ3) is 7.63. The first kappa shape index (κ1) is 28.2. The van der Waals surface area contributed by atoms with Gasteiger partial charge in [-0.25, -0.2) is 4.79 Å². The van der Waals surface area contributed by atoms with Crippen LogP contribution < -0.4 is 9.80 Å². The van der Waals surface area contributed by atoms with Crippen molar-refractivity contribution < 1.29 is 14.6 Å². The number of anilines is 2. The van der Waals surface area contributed by atoms with Gasteiger partial charge in [-0.15, -0.1) is 0 Å². The molecule has 1 aromatic carbocycles. The molecule has 1 saturated carbocycles. The number of nitrogens with zero attached hydrogens (tertiary/aromatic N) is 3. The molecular weight excluding hydrogens is 462 g/mol. The number of hydrogen-bond donors (Lipinski definition) is 1. The molecule has 0 aromatic heterocycles. The van der Waals surface area contributed by atoms with Crippen LogP contribution in [0.15, 0.2) is 18.2 Å². The molecule has 1 aliphatic carbocycles. The Hall–Kier alpha value is -1.79. The number of hydrogen-bond acceptors (Lipinski definition) is 5. The molecular formula is C31H51N3O3. The average molecular weight is 514 g/mol. The van der Waals surface area contributed by atoms with Crippen LogP contribution in [0.5, 0.6) is 0 Å². The molecule has 1 N–H and O–H groups in total. The molecule has 0 atom stereocenters. The van der Waals surface area contributed by atoms with Crippen molar-refractivity contribution in [2.24, 2.45) is 11.3 Å². The molecule has 0 amide bonds. The molecule has 1 aromatic rings. The summed E-state index contributed by atoms with van der Waals surface area (Å²) in [7, 11) is 0. The summed E-state index contributed by atoms with van der Waals surface area (Å²) in [6, 6.07) is 7.26. The van der Waals surface area contributed by atoms with Crippen LogP contribution in [-0.2, 0) is 9.53 Å². The molecule has 208 valence electrons. The first-order valence-corrected chi connectivity index (χ1v) is 14.9. The Morgan fingerprint density at radius 1 is 0.946 bits per heavy atom. The predicted octanol–water partition coefficient (Wildman–Crippen LogP) is 6.00. The number of rotatable bonds is 9. The van der Waals surface area contributed by atoms with Gasteiger partial charge < -0.3 is 19.6 Å². The summed E-state index contributed by atoms with van der Waals surface area (Å²) in [5.74, 6) is 0.584. The van der Waals surface area contributed by atoms with E-state index in [-0.39, 0.29) is 12.7 Å². The Kier molecular flexibility index (Phi) is 9.79. The summed E-state index contributed by atoms with van der Waals surface area (Å²) in [6.07, 6.45) is 9.65. The zero-order valence-electron chi connectivity index (χ0n) is 23.9. The molecule has 2 saturated heterocycles. The molecule has 4 rings (SSSR count). The molecule has 0 unspecified atom stereocenters. The SMILES string of the molecule is CCCCN1CCN(c2ccc(N3CCC(OCC(=O)O)CC3)cc2C2CCC(C(C)(C)C)CC2)CC1. The van der Waals surface area contributed by atoms with E-state index in [9.17, 15) is 4.79 Å².